The van der Waals surface area contributed by atoms with Crippen molar-refractivity contribution in [3.8, 4) is 0 Å². The first kappa shape index (κ1) is 40.7. The maximum atomic E-state index is 8.25. The molecule has 9 heavy (non-hydrogen) atoms. The topological polar surface area (TPSA) is 69.2 Å². The van der Waals surface area contributed by atoms with Gasteiger partial charge in [-0.3, -0.25) is 0 Å². The molecule has 0 spiro atoms. The van der Waals surface area contributed by atoms with Gasteiger partial charge < -0.3 is 15.3 Å². The fourth-order valence-corrected chi connectivity index (χ4v) is 0. The van der Waals surface area contributed by atoms with E-state index in [0.717, 1.165) is 21.3 Å². The van der Waals surface area contributed by atoms with Gasteiger partial charge in [-0.1, -0.05) is 0 Å². The van der Waals surface area contributed by atoms with Crippen LogP contribution in [0.1, 0.15) is 0 Å². The molecular formula is C3H9Na3O3. The van der Waals surface area contributed by atoms with Crippen molar-refractivity contribution in [2.45, 2.75) is 0 Å². The van der Waals surface area contributed by atoms with Crippen LogP contribution in [0.15, 0.2) is 0 Å². The second kappa shape index (κ2) is 128. The minimum atomic E-state index is 0. The van der Waals surface area contributed by atoms with Crippen molar-refractivity contribution < 1.29 is 104 Å². The van der Waals surface area contributed by atoms with Crippen LogP contribution in [0.3, 0.4) is 0 Å². The van der Waals surface area contributed by atoms with Crippen LogP contribution >= 0.6 is 0 Å². The zero-order chi connectivity index (χ0) is 6.00. The monoisotopic (exact) mass is 162 g/mol. The first-order chi connectivity index (χ1) is 3.00. The molecule has 0 heterocycles. The van der Waals surface area contributed by atoms with E-state index in [9.17, 15) is 0 Å². The van der Waals surface area contributed by atoms with Crippen LogP contribution in [0.4, 0.5) is 0 Å². The zero-order valence-electron chi connectivity index (χ0n) is 7.22. The molecule has 0 bridgehead atoms. The minimum absolute atomic E-state index is 0. The van der Waals surface area contributed by atoms with Crippen LogP contribution in [0, 0.1) is 0 Å². The van der Waals surface area contributed by atoms with Gasteiger partial charge in [-0.2, -0.15) is 21.3 Å². The van der Waals surface area contributed by atoms with Crippen LogP contribution < -0.4 is 104 Å². The SMILES string of the molecule is C[O-].C[O-].C[O-].[Na+].[Na+].[Na+]. The molecule has 0 N–H and O–H groups in total. The second-order valence-corrected chi connectivity index (χ2v) is 0. The van der Waals surface area contributed by atoms with Gasteiger partial charge in [-0.05, 0) is 0 Å². The maximum Gasteiger partial charge on any atom is 1.00 e. The molecule has 0 fully saturated rings. The first-order valence-corrected chi connectivity index (χ1v) is 1.22. The van der Waals surface area contributed by atoms with Gasteiger partial charge in [-0.15, -0.1) is 0 Å². The van der Waals surface area contributed by atoms with E-state index in [1.54, 1.807) is 0 Å². The molecule has 0 aromatic rings. The molecule has 0 aliphatic rings. The Morgan fingerprint density at radius 2 is 0.444 bits per heavy atom. The van der Waals surface area contributed by atoms with Crippen LogP contribution in [0.5, 0.6) is 0 Å². The van der Waals surface area contributed by atoms with E-state index >= 15 is 0 Å². The van der Waals surface area contributed by atoms with Crippen molar-refractivity contribution in [1.29, 1.82) is 0 Å². The Morgan fingerprint density at radius 1 is 0.444 bits per heavy atom. The van der Waals surface area contributed by atoms with E-state index in [4.69, 9.17) is 15.3 Å². The molecule has 3 nitrogen and oxygen atoms in total. The molecule has 0 rings (SSSR count). The number of hydrogen-bond donors (Lipinski definition) is 0. The summed E-state index contributed by atoms with van der Waals surface area (Å²) in [6, 6.07) is 0. The van der Waals surface area contributed by atoms with Gasteiger partial charge in [0.15, 0.2) is 0 Å². The molecule has 0 saturated carbocycles. The molecular weight excluding hydrogens is 153 g/mol. The molecule has 0 radical (unpaired) electrons. The van der Waals surface area contributed by atoms with Gasteiger partial charge in [-0.25, -0.2) is 0 Å². The summed E-state index contributed by atoms with van der Waals surface area (Å²) in [5.41, 5.74) is 0. The van der Waals surface area contributed by atoms with E-state index in [1.165, 1.54) is 0 Å². The van der Waals surface area contributed by atoms with Gasteiger partial charge in [0.05, 0.1) is 0 Å². The van der Waals surface area contributed by atoms with E-state index in [2.05, 4.69) is 0 Å². The standard InChI is InChI=1S/3CH3O.3Na/c3*1-2;;;/h3*1H3;;;/q3*-1;3*+1. The van der Waals surface area contributed by atoms with Gasteiger partial charge in [0.25, 0.3) is 0 Å². The zero-order valence-corrected chi connectivity index (χ0v) is 13.2. The summed E-state index contributed by atoms with van der Waals surface area (Å²) in [6.07, 6.45) is 0. The number of hydrogen-bond acceptors (Lipinski definition) is 3. The summed E-state index contributed by atoms with van der Waals surface area (Å²) in [4.78, 5) is 0. The quantitative estimate of drug-likeness (QED) is 0.332. The average Bonchev–Trinajstić information content (AvgIpc) is 1.81. The largest absolute Gasteiger partial charge is 1.00 e. The van der Waals surface area contributed by atoms with Gasteiger partial charge >= 0.3 is 88.7 Å². The molecule has 0 amide bonds. The predicted octanol–water partition coefficient (Wildman–Crippen LogP) is -12.1. The average molecular weight is 162 g/mol. The Kier molecular flexibility index (Phi) is 579. The maximum absolute atomic E-state index is 8.25. The molecule has 0 aliphatic carbocycles. The molecule has 42 valence electrons. The fourth-order valence-electron chi connectivity index (χ4n) is 0. The van der Waals surface area contributed by atoms with Crippen molar-refractivity contribution in [1.82, 2.24) is 0 Å². The smallest absolute Gasteiger partial charge is 0.857 e. The molecule has 0 aromatic heterocycles. The number of rotatable bonds is 0. The van der Waals surface area contributed by atoms with Gasteiger partial charge in [0, 0.05) is 0 Å². The summed E-state index contributed by atoms with van der Waals surface area (Å²) in [7, 11) is 2.25. The van der Waals surface area contributed by atoms with E-state index in [0.29, 0.717) is 0 Å². The van der Waals surface area contributed by atoms with E-state index in [1.807, 2.05) is 0 Å². The van der Waals surface area contributed by atoms with Crippen LogP contribution in [-0.2, 0) is 0 Å². The molecule has 0 atom stereocenters. The second-order valence-electron chi connectivity index (χ2n) is 0. The van der Waals surface area contributed by atoms with Crippen molar-refractivity contribution in [2.24, 2.45) is 0 Å². The third kappa shape index (κ3) is 103. The van der Waals surface area contributed by atoms with Gasteiger partial charge in [0.2, 0.25) is 0 Å². The van der Waals surface area contributed by atoms with Crippen LogP contribution in [0.2, 0.25) is 0 Å². The Bertz CT molecular complexity index is 14.3. The molecule has 6 heteroatoms. The normalized spacial score (nSPS) is 2.00. The molecule has 0 aromatic carbocycles. The Hall–Kier alpha value is 2.88. The summed E-state index contributed by atoms with van der Waals surface area (Å²) >= 11 is 0. The van der Waals surface area contributed by atoms with E-state index in [-0.39, 0.29) is 88.7 Å². The molecule has 0 aliphatic heterocycles. The van der Waals surface area contributed by atoms with Crippen molar-refractivity contribution in [3.05, 3.63) is 0 Å². The van der Waals surface area contributed by atoms with Crippen molar-refractivity contribution >= 4 is 0 Å². The van der Waals surface area contributed by atoms with Gasteiger partial charge in [0.1, 0.15) is 0 Å². The Labute approximate surface area is 123 Å². The van der Waals surface area contributed by atoms with Crippen molar-refractivity contribution in [3.63, 3.8) is 0 Å². The Morgan fingerprint density at radius 3 is 0.444 bits per heavy atom. The fraction of sp³-hybridized carbons (Fsp3) is 1.00. The molecule has 0 saturated heterocycles. The summed E-state index contributed by atoms with van der Waals surface area (Å²) in [5.74, 6) is 0. The summed E-state index contributed by atoms with van der Waals surface area (Å²) in [5, 5.41) is 24.8. The predicted molar refractivity (Wildman–Crippen MR) is 17.8 cm³/mol. The third-order valence-electron chi connectivity index (χ3n) is 0. The molecule has 0 unspecified atom stereocenters. The Balaban J connectivity index is -0.00000000321. The van der Waals surface area contributed by atoms with Crippen molar-refractivity contribution in [2.75, 3.05) is 21.3 Å². The first-order valence-electron chi connectivity index (χ1n) is 1.22. The third-order valence-corrected chi connectivity index (χ3v) is 0. The minimum Gasteiger partial charge on any atom is -0.857 e. The summed E-state index contributed by atoms with van der Waals surface area (Å²) in [6.45, 7) is 0. The van der Waals surface area contributed by atoms with E-state index < -0.39 is 0 Å². The van der Waals surface area contributed by atoms with Crippen LogP contribution in [0.25, 0.3) is 0 Å². The van der Waals surface area contributed by atoms with Crippen LogP contribution in [-0.4, -0.2) is 21.3 Å². The summed E-state index contributed by atoms with van der Waals surface area (Å²) < 4.78 is 0.